The third-order valence-corrected chi connectivity index (χ3v) is 1.30. The summed E-state index contributed by atoms with van der Waals surface area (Å²) in [6, 6.07) is 2.98. The summed E-state index contributed by atoms with van der Waals surface area (Å²) in [5.74, 6) is -0.119. The first-order chi connectivity index (χ1) is 4.70. The lowest BCUT2D eigenvalue weighted by Crippen LogP contribution is -1.96. The van der Waals surface area contributed by atoms with Crippen molar-refractivity contribution in [2.45, 2.75) is 0 Å². The Bertz CT molecular complexity index is 246. The predicted molar refractivity (Wildman–Crippen MR) is 40.2 cm³/mol. The molecule has 0 amide bonds. The Kier molecular flexibility index (Phi) is 1.92. The third-order valence-electron chi connectivity index (χ3n) is 0.958. The standard InChI is InChI=1S/C5H5N2O2P/c8-7(9)5-2-1-4(10)3-6-5/h1-3H,10H2. The highest BCUT2D eigenvalue weighted by Crippen LogP contribution is 2.02. The lowest BCUT2D eigenvalue weighted by atomic mass is 10.5. The summed E-state index contributed by atoms with van der Waals surface area (Å²) in [5.41, 5.74) is 0. The molecule has 0 bridgehead atoms. The van der Waals surface area contributed by atoms with E-state index in [4.69, 9.17) is 0 Å². The molecule has 0 saturated heterocycles. The van der Waals surface area contributed by atoms with E-state index in [9.17, 15) is 10.1 Å². The van der Waals surface area contributed by atoms with Gasteiger partial charge in [0.05, 0.1) is 0 Å². The topological polar surface area (TPSA) is 56.0 Å². The van der Waals surface area contributed by atoms with Crippen LogP contribution in [0.4, 0.5) is 5.82 Å². The number of nitrogens with zero attached hydrogens (tertiary/aromatic N) is 2. The number of hydrogen-bond acceptors (Lipinski definition) is 3. The van der Waals surface area contributed by atoms with E-state index in [0.717, 1.165) is 5.30 Å². The molecule has 1 rings (SSSR count). The number of hydrogen-bond donors (Lipinski definition) is 0. The Morgan fingerprint density at radius 1 is 1.60 bits per heavy atom. The van der Waals surface area contributed by atoms with Crippen LogP contribution in [0, 0.1) is 10.1 Å². The molecule has 0 saturated carbocycles. The maximum atomic E-state index is 10.0. The Labute approximate surface area is 59.6 Å². The largest absolute Gasteiger partial charge is 0.363 e. The number of aromatic nitrogens is 1. The molecule has 0 fully saturated rings. The van der Waals surface area contributed by atoms with Crippen LogP contribution in [0.3, 0.4) is 0 Å². The van der Waals surface area contributed by atoms with Crippen molar-refractivity contribution in [2.75, 3.05) is 0 Å². The maximum absolute atomic E-state index is 10.0. The van der Waals surface area contributed by atoms with Gasteiger partial charge in [0, 0.05) is 11.4 Å². The van der Waals surface area contributed by atoms with Gasteiger partial charge in [-0.1, -0.05) is 0 Å². The lowest BCUT2D eigenvalue weighted by Gasteiger charge is -1.89. The summed E-state index contributed by atoms with van der Waals surface area (Å²) in [6.45, 7) is 0. The van der Waals surface area contributed by atoms with Gasteiger partial charge in [0.25, 0.3) is 0 Å². The van der Waals surface area contributed by atoms with Crippen LogP contribution in [0.1, 0.15) is 0 Å². The summed E-state index contributed by atoms with van der Waals surface area (Å²) in [6.07, 6.45) is 1.43. The molecule has 0 radical (unpaired) electrons. The Morgan fingerprint density at radius 3 is 2.70 bits per heavy atom. The van der Waals surface area contributed by atoms with Crippen molar-refractivity contribution >= 4 is 20.4 Å². The summed E-state index contributed by atoms with van der Waals surface area (Å²) in [4.78, 5) is 13.1. The molecule has 0 aliphatic carbocycles. The van der Waals surface area contributed by atoms with Crippen LogP contribution in [0.25, 0.3) is 0 Å². The fourth-order valence-corrected chi connectivity index (χ4v) is 0.676. The highest BCUT2D eigenvalue weighted by atomic mass is 31.0. The van der Waals surface area contributed by atoms with Crippen molar-refractivity contribution in [1.82, 2.24) is 4.98 Å². The second-order valence-corrected chi connectivity index (χ2v) is 2.37. The van der Waals surface area contributed by atoms with Crippen molar-refractivity contribution < 1.29 is 4.92 Å². The van der Waals surface area contributed by atoms with Crippen LogP contribution >= 0.6 is 9.24 Å². The number of nitro groups is 1. The van der Waals surface area contributed by atoms with Crippen molar-refractivity contribution in [1.29, 1.82) is 0 Å². The van der Waals surface area contributed by atoms with Crippen LogP contribution in [0.5, 0.6) is 0 Å². The molecule has 1 aromatic heterocycles. The summed E-state index contributed by atoms with van der Waals surface area (Å²) in [7, 11) is 2.40. The van der Waals surface area contributed by atoms with E-state index in [2.05, 4.69) is 14.2 Å². The minimum atomic E-state index is -0.524. The molecule has 1 aromatic rings. The lowest BCUT2D eigenvalue weighted by molar-refractivity contribution is -0.389. The quantitative estimate of drug-likeness (QED) is 0.337. The fourth-order valence-electron chi connectivity index (χ4n) is 0.505. The molecule has 0 aliphatic rings. The summed E-state index contributed by atoms with van der Waals surface area (Å²) < 4.78 is 0. The molecule has 4 nitrogen and oxygen atoms in total. The first-order valence-electron chi connectivity index (χ1n) is 2.56. The zero-order chi connectivity index (χ0) is 7.56. The second-order valence-electron chi connectivity index (χ2n) is 1.71. The van der Waals surface area contributed by atoms with Gasteiger partial charge >= 0.3 is 5.82 Å². The van der Waals surface area contributed by atoms with Gasteiger partial charge in [0.1, 0.15) is 6.20 Å². The minimum absolute atomic E-state index is 0.119. The highest BCUT2D eigenvalue weighted by Gasteiger charge is 2.02. The van der Waals surface area contributed by atoms with Crippen LogP contribution in [-0.4, -0.2) is 9.91 Å². The van der Waals surface area contributed by atoms with Gasteiger partial charge in [-0.25, -0.2) is 0 Å². The first kappa shape index (κ1) is 7.09. The van der Waals surface area contributed by atoms with Crippen LogP contribution in [0.15, 0.2) is 18.3 Å². The number of rotatable bonds is 1. The Hall–Kier alpha value is -1.02. The van der Waals surface area contributed by atoms with E-state index in [1.54, 1.807) is 6.07 Å². The SMILES string of the molecule is O=[N+]([O-])c1ccc(P)cn1. The average molecular weight is 156 g/mol. The molecule has 0 spiro atoms. The van der Waals surface area contributed by atoms with E-state index >= 15 is 0 Å². The second kappa shape index (κ2) is 2.71. The van der Waals surface area contributed by atoms with Gasteiger partial charge in [-0.15, -0.1) is 9.24 Å². The molecule has 52 valence electrons. The van der Waals surface area contributed by atoms with Crippen molar-refractivity contribution in [3.63, 3.8) is 0 Å². The van der Waals surface area contributed by atoms with Gasteiger partial charge in [0.15, 0.2) is 0 Å². The molecule has 10 heavy (non-hydrogen) atoms. The molecular weight excluding hydrogens is 151 g/mol. The van der Waals surface area contributed by atoms with Crippen molar-refractivity contribution in [2.24, 2.45) is 0 Å². The zero-order valence-corrected chi connectivity index (χ0v) is 6.18. The van der Waals surface area contributed by atoms with Crippen molar-refractivity contribution in [3.8, 4) is 0 Å². The van der Waals surface area contributed by atoms with Gasteiger partial charge in [-0.2, -0.15) is 0 Å². The normalized spacial score (nSPS) is 9.30. The molecule has 5 heteroatoms. The zero-order valence-electron chi connectivity index (χ0n) is 5.02. The predicted octanol–water partition coefficient (Wildman–Crippen LogP) is 0.490. The summed E-state index contributed by atoms with van der Waals surface area (Å²) >= 11 is 0. The number of pyridine rings is 1. The molecule has 1 unspecified atom stereocenters. The molecular formula is C5H5N2O2P. The Balaban J connectivity index is 3.00. The van der Waals surface area contributed by atoms with E-state index in [1.165, 1.54) is 12.3 Å². The first-order valence-corrected chi connectivity index (χ1v) is 3.14. The van der Waals surface area contributed by atoms with E-state index in [0.29, 0.717) is 0 Å². The maximum Gasteiger partial charge on any atom is 0.363 e. The average Bonchev–Trinajstić information content (AvgIpc) is 1.88. The minimum Gasteiger partial charge on any atom is -0.358 e. The monoisotopic (exact) mass is 156 g/mol. The Morgan fingerprint density at radius 2 is 2.30 bits per heavy atom. The molecule has 0 aliphatic heterocycles. The van der Waals surface area contributed by atoms with Gasteiger partial charge in [-0.3, -0.25) is 0 Å². The summed E-state index contributed by atoms with van der Waals surface area (Å²) in [5, 5.41) is 10.9. The van der Waals surface area contributed by atoms with Gasteiger partial charge in [0.2, 0.25) is 0 Å². The molecule has 1 atom stereocenters. The van der Waals surface area contributed by atoms with E-state index in [-0.39, 0.29) is 5.82 Å². The van der Waals surface area contributed by atoms with E-state index in [1.807, 2.05) is 0 Å². The third kappa shape index (κ3) is 1.48. The highest BCUT2D eigenvalue weighted by molar-refractivity contribution is 7.27. The smallest absolute Gasteiger partial charge is 0.358 e. The van der Waals surface area contributed by atoms with Crippen LogP contribution in [0.2, 0.25) is 0 Å². The van der Waals surface area contributed by atoms with Crippen molar-refractivity contribution in [3.05, 3.63) is 28.4 Å². The van der Waals surface area contributed by atoms with Gasteiger partial charge < -0.3 is 10.1 Å². The molecule has 0 aromatic carbocycles. The fraction of sp³-hybridized carbons (Fsp3) is 0. The van der Waals surface area contributed by atoms with E-state index < -0.39 is 4.92 Å². The van der Waals surface area contributed by atoms with Crippen LogP contribution < -0.4 is 5.30 Å². The molecule has 1 heterocycles. The van der Waals surface area contributed by atoms with Gasteiger partial charge in [-0.05, 0) is 16.0 Å². The van der Waals surface area contributed by atoms with Crippen LogP contribution in [-0.2, 0) is 0 Å². The molecule has 0 N–H and O–H groups in total.